The Hall–Kier alpha value is -2.34. The molecule has 1 saturated heterocycles. The Kier molecular flexibility index (Phi) is 4.81. The predicted octanol–water partition coefficient (Wildman–Crippen LogP) is 3.29. The Morgan fingerprint density at radius 3 is 2.20 bits per heavy atom. The second-order valence-electron chi connectivity index (χ2n) is 6.05. The van der Waals surface area contributed by atoms with Crippen LogP contribution in [0.4, 0.5) is 4.39 Å². The van der Waals surface area contributed by atoms with Crippen molar-refractivity contribution in [2.24, 2.45) is 0 Å². The molecule has 1 aromatic heterocycles. The van der Waals surface area contributed by atoms with Gasteiger partial charge in [0.05, 0.1) is 10.6 Å². The Balaban J connectivity index is 1.69. The number of furan rings is 1. The van der Waals surface area contributed by atoms with Crippen LogP contribution in [0.25, 0.3) is 0 Å². The highest BCUT2D eigenvalue weighted by atomic mass is 35.5. The van der Waals surface area contributed by atoms with Gasteiger partial charge in [-0.1, -0.05) is 17.7 Å². The summed E-state index contributed by atoms with van der Waals surface area (Å²) in [5, 5.41) is 0.0881. The molecule has 5 nitrogen and oxygen atoms in total. The number of carbonyl (C=O) groups is 2. The molecule has 2 aromatic rings. The van der Waals surface area contributed by atoms with E-state index in [1.54, 1.807) is 11.8 Å². The molecular formula is C18H18ClFN2O3. The number of carbonyl (C=O) groups excluding carboxylic acids is 2. The number of rotatable bonds is 2. The molecule has 2 amide bonds. The molecule has 1 aliphatic heterocycles. The third-order valence-electron chi connectivity index (χ3n) is 4.27. The van der Waals surface area contributed by atoms with Crippen LogP contribution in [0.1, 0.15) is 32.2 Å². The van der Waals surface area contributed by atoms with E-state index in [2.05, 4.69) is 0 Å². The lowest BCUT2D eigenvalue weighted by atomic mass is 10.1. The molecule has 0 atom stereocenters. The molecule has 25 heavy (non-hydrogen) atoms. The standard InChI is InChI=1S/C18H18ClFN2O3/c1-11-10-12(2)25-16(11)18(24)22-8-6-21(7-9-22)17(23)15-13(19)4-3-5-14(15)20/h3-5,10H,6-9H2,1-2H3. The lowest BCUT2D eigenvalue weighted by molar-refractivity contribution is 0.0514. The van der Waals surface area contributed by atoms with Gasteiger partial charge in [0.1, 0.15) is 11.6 Å². The van der Waals surface area contributed by atoms with Crippen molar-refractivity contribution in [1.29, 1.82) is 0 Å². The highest BCUT2D eigenvalue weighted by Crippen LogP contribution is 2.22. The summed E-state index contributed by atoms with van der Waals surface area (Å²) < 4.78 is 19.4. The van der Waals surface area contributed by atoms with Gasteiger partial charge in [-0.25, -0.2) is 4.39 Å². The minimum Gasteiger partial charge on any atom is -0.456 e. The number of benzene rings is 1. The number of piperazine rings is 1. The molecule has 0 N–H and O–H groups in total. The van der Waals surface area contributed by atoms with E-state index in [0.29, 0.717) is 37.7 Å². The summed E-state index contributed by atoms with van der Waals surface area (Å²) in [5.74, 6) is -0.280. The maximum Gasteiger partial charge on any atom is 0.289 e. The fourth-order valence-corrected chi connectivity index (χ4v) is 3.21. The van der Waals surface area contributed by atoms with E-state index in [0.717, 1.165) is 5.56 Å². The Labute approximate surface area is 150 Å². The zero-order valence-electron chi connectivity index (χ0n) is 14.0. The summed E-state index contributed by atoms with van der Waals surface area (Å²) in [7, 11) is 0. The van der Waals surface area contributed by atoms with Gasteiger partial charge in [0.15, 0.2) is 5.76 Å². The van der Waals surface area contributed by atoms with Gasteiger partial charge in [-0.2, -0.15) is 0 Å². The summed E-state index contributed by atoms with van der Waals surface area (Å²) >= 11 is 5.96. The molecule has 3 rings (SSSR count). The molecule has 7 heteroatoms. The number of hydrogen-bond donors (Lipinski definition) is 0. The maximum atomic E-state index is 13.9. The fraction of sp³-hybridized carbons (Fsp3) is 0.333. The van der Waals surface area contributed by atoms with Gasteiger partial charge >= 0.3 is 0 Å². The van der Waals surface area contributed by atoms with Crippen molar-refractivity contribution in [3.8, 4) is 0 Å². The molecule has 2 heterocycles. The lowest BCUT2D eigenvalue weighted by Gasteiger charge is -2.34. The van der Waals surface area contributed by atoms with E-state index < -0.39 is 11.7 Å². The van der Waals surface area contributed by atoms with Crippen molar-refractivity contribution < 1.29 is 18.4 Å². The molecule has 1 aromatic carbocycles. The molecule has 0 aliphatic carbocycles. The topological polar surface area (TPSA) is 53.8 Å². The second kappa shape index (κ2) is 6.88. The molecule has 0 bridgehead atoms. The summed E-state index contributed by atoms with van der Waals surface area (Å²) in [6.45, 7) is 4.95. The zero-order valence-corrected chi connectivity index (χ0v) is 14.8. The smallest absolute Gasteiger partial charge is 0.289 e. The lowest BCUT2D eigenvalue weighted by Crippen LogP contribution is -2.50. The minimum atomic E-state index is -0.641. The summed E-state index contributed by atoms with van der Waals surface area (Å²) in [6, 6.07) is 5.96. The van der Waals surface area contributed by atoms with Gasteiger partial charge in [-0.15, -0.1) is 0 Å². The first-order valence-electron chi connectivity index (χ1n) is 7.98. The molecule has 0 radical (unpaired) electrons. The van der Waals surface area contributed by atoms with E-state index in [4.69, 9.17) is 16.0 Å². The van der Waals surface area contributed by atoms with Gasteiger partial charge in [-0.05, 0) is 32.0 Å². The van der Waals surface area contributed by atoms with Crippen molar-refractivity contribution in [2.75, 3.05) is 26.2 Å². The van der Waals surface area contributed by atoms with Crippen molar-refractivity contribution in [1.82, 2.24) is 9.80 Å². The average molecular weight is 365 g/mol. The molecule has 0 spiro atoms. The van der Waals surface area contributed by atoms with Crippen LogP contribution < -0.4 is 0 Å². The molecular weight excluding hydrogens is 347 g/mol. The first-order valence-corrected chi connectivity index (χ1v) is 8.36. The molecule has 0 saturated carbocycles. The normalized spacial score (nSPS) is 14.7. The van der Waals surface area contributed by atoms with E-state index in [1.165, 1.54) is 23.1 Å². The third-order valence-corrected chi connectivity index (χ3v) is 4.58. The van der Waals surface area contributed by atoms with Crippen LogP contribution >= 0.6 is 11.6 Å². The van der Waals surface area contributed by atoms with Crippen LogP contribution in [-0.2, 0) is 0 Å². The van der Waals surface area contributed by atoms with E-state index in [9.17, 15) is 14.0 Å². The van der Waals surface area contributed by atoms with Gasteiger partial charge in [0.25, 0.3) is 11.8 Å². The SMILES string of the molecule is Cc1cc(C)c(C(=O)N2CCN(C(=O)c3c(F)cccc3Cl)CC2)o1. The second-order valence-corrected chi connectivity index (χ2v) is 6.46. The van der Waals surface area contributed by atoms with Crippen LogP contribution in [0.2, 0.25) is 5.02 Å². The number of hydrogen-bond acceptors (Lipinski definition) is 3. The molecule has 132 valence electrons. The average Bonchev–Trinajstić information content (AvgIpc) is 2.92. The van der Waals surface area contributed by atoms with Crippen LogP contribution in [0.5, 0.6) is 0 Å². The molecule has 0 unspecified atom stereocenters. The van der Waals surface area contributed by atoms with Crippen molar-refractivity contribution in [3.63, 3.8) is 0 Å². The van der Waals surface area contributed by atoms with Gasteiger partial charge in [0.2, 0.25) is 0 Å². The van der Waals surface area contributed by atoms with Crippen molar-refractivity contribution >= 4 is 23.4 Å². The van der Waals surface area contributed by atoms with E-state index >= 15 is 0 Å². The van der Waals surface area contributed by atoms with Crippen molar-refractivity contribution in [2.45, 2.75) is 13.8 Å². The zero-order chi connectivity index (χ0) is 18.1. The van der Waals surface area contributed by atoms with Gasteiger partial charge in [0, 0.05) is 31.7 Å². The van der Waals surface area contributed by atoms with Gasteiger partial charge in [-0.3, -0.25) is 9.59 Å². The van der Waals surface area contributed by atoms with Crippen LogP contribution in [0.15, 0.2) is 28.7 Å². The van der Waals surface area contributed by atoms with Crippen LogP contribution in [-0.4, -0.2) is 47.8 Å². The predicted molar refractivity (Wildman–Crippen MR) is 91.4 cm³/mol. The number of amides is 2. The summed E-state index contributed by atoms with van der Waals surface area (Å²) in [4.78, 5) is 28.2. The highest BCUT2D eigenvalue weighted by molar-refractivity contribution is 6.33. The Bertz CT molecular complexity index is 805. The monoisotopic (exact) mass is 364 g/mol. The Morgan fingerprint density at radius 2 is 1.68 bits per heavy atom. The fourth-order valence-electron chi connectivity index (χ4n) is 2.97. The van der Waals surface area contributed by atoms with Crippen molar-refractivity contribution in [3.05, 3.63) is 57.8 Å². The number of halogens is 2. The molecule has 1 aliphatic rings. The summed E-state index contributed by atoms with van der Waals surface area (Å²) in [5.41, 5.74) is 0.667. The Morgan fingerprint density at radius 1 is 1.08 bits per heavy atom. The minimum absolute atomic E-state index is 0.0881. The van der Waals surface area contributed by atoms with Crippen LogP contribution in [0.3, 0.4) is 0 Å². The quantitative estimate of drug-likeness (QED) is 0.821. The molecule has 1 fully saturated rings. The number of aryl methyl sites for hydroxylation is 2. The highest BCUT2D eigenvalue weighted by Gasteiger charge is 2.29. The van der Waals surface area contributed by atoms with Gasteiger partial charge < -0.3 is 14.2 Å². The largest absolute Gasteiger partial charge is 0.456 e. The number of nitrogens with zero attached hydrogens (tertiary/aromatic N) is 2. The first kappa shape index (κ1) is 17.5. The maximum absolute atomic E-state index is 13.9. The van der Waals surface area contributed by atoms with E-state index in [1.807, 2.05) is 13.0 Å². The van der Waals surface area contributed by atoms with E-state index in [-0.39, 0.29) is 16.5 Å². The first-order chi connectivity index (χ1) is 11.9. The van der Waals surface area contributed by atoms with Crippen LogP contribution in [0, 0.1) is 19.7 Å². The third kappa shape index (κ3) is 3.39. The summed E-state index contributed by atoms with van der Waals surface area (Å²) in [6.07, 6.45) is 0.